The van der Waals surface area contributed by atoms with E-state index in [9.17, 15) is 0 Å². The molecule has 2 aliphatic carbocycles. The van der Waals surface area contributed by atoms with Crippen LogP contribution in [0.5, 0.6) is 0 Å². The smallest absolute Gasteiger partial charge is 0.0576 e. The predicted octanol–water partition coefficient (Wildman–Crippen LogP) is 3.11. The number of hydrogen-bond donors (Lipinski definition) is 1. The van der Waals surface area contributed by atoms with Crippen molar-refractivity contribution in [3.63, 3.8) is 0 Å². The van der Waals surface area contributed by atoms with Gasteiger partial charge in [0.15, 0.2) is 0 Å². The molecule has 16 heavy (non-hydrogen) atoms. The quantitative estimate of drug-likeness (QED) is 0.719. The van der Waals surface area contributed by atoms with Crippen LogP contribution in [0, 0.1) is 5.92 Å². The Bertz CT molecular complexity index is 183. The molecular weight excluding hydrogens is 198 g/mol. The lowest BCUT2D eigenvalue weighted by Crippen LogP contribution is -2.35. The van der Waals surface area contributed by atoms with E-state index in [4.69, 9.17) is 4.74 Å². The van der Waals surface area contributed by atoms with Crippen LogP contribution in [0.3, 0.4) is 0 Å². The first-order valence-corrected chi connectivity index (χ1v) is 7.23. The minimum absolute atomic E-state index is 0.568. The molecule has 0 unspecified atom stereocenters. The van der Waals surface area contributed by atoms with E-state index < -0.39 is 0 Å². The second kappa shape index (κ2) is 6.61. The van der Waals surface area contributed by atoms with Crippen LogP contribution in [0.25, 0.3) is 0 Å². The molecular formula is C14H27NO. The fourth-order valence-corrected chi connectivity index (χ4v) is 2.59. The number of hydrogen-bond acceptors (Lipinski definition) is 2. The third kappa shape index (κ3) is 4.42. The Morgan fingerprint density at radius 1 is 1.06 bits per heavy atom. The highest BCUT2D eigenvalue weighted by molar-refractivity contribution is 4.78. The van der Waals surface area contributed by atoms with Gasteiger partial charge in [0.1, 0.15) is 0 Å². The molecule has 0 amide bonds. The first-order chi connectivity index (χ1) is 7.88. The van der Waals surface area contributed by atoms with Gasteiger partial charge in [0.25, 0.3) is 0 Å². The van der Waals surface area contributed by atoms with Gasteiger partial charge in [0.2, 0.25) is 0 Å². The summed E-state index contributed by atoms with van der Waals surface area (Å²) in [4.78, 5) is 0. The van der Waals surface area contributed by atoms with Crippen molar-refractivity contribution in [3.05, 3.63) is 0 Å². The number of ether oxygens (including phenoxy) is 1. The van der Waals surface area contributed by atoms with Crippen LogP contribution in [0.15, 0.2) is 0 Å². The fraction of sp³-hybridized carbons (Fsp3) is 1.00. The van der Waals surface area contributed by atoms with Crippen molar-refractivity contribution < 1.29 is 4.74 Å². The Hall–Kier alpha value is -0.0800. The van der Waals surface area contributed by atoms with Crippen molar-refractivity contribution in [1.29, 1.82) is 0 Å². The summed E-state index contributed by atoms with van der Waals surface area (Å²) < 4.78 is 5.96. The maximum absolute atomic E-state index is 5.96. The van der Waals surface area contributed by atoms with Crippen LogP contribution in [0.2, 0.25) is 0 Å². The maximum atomic E-state index is 5.96. The summed E-state index contributed by atoms with van der Waals surface area (Å²) in [7, 11) is 0. The Morgan fingerprint density at radius 3 is 2.44 bits per heavy atom. The summed E-state index contributed by atoms with van der Waals surface area (Å²) in [6.45, 7) is 4.43. The molecule has 0 aromatic rings. The zero-order valence-electron chi connectivity index (χ0n) is 10.7. The van der Waals surface area contributed by atoms with Gasteiger partial charge in [-0.25, -0.2) is 0 Å². The molecule has 94 valence electrons. The van der Waals surface area contributed by atoms with E-state index in [1.807, 2.05) is 0 Å². The van der Waals surface area contributed by atoms with Crippen molar-refractivity contribution >= 4 is 0 Å². The molecule has 0 aliphatic heterocycles. The third-order valence-electron chi connectivity index (χ3n) is 3.93. The Balaban J connectivity index is 1.50. The van der Waals surface area contributed by atoms with Crippen LogP contribution in [0.1, 0.15) is 58.3 Å². The molecule has 2 saturated carbocycles. The van der Waals surface area contributed by atoms with Gasteiger partial charge in [-0.1, -0.05) is 19.8 Å². The molecule has 2 heteroatoms. The zero-order valence-corrected chi connectivity index (χ0v) is 10.7. The Morgan fingerprint density at radius 2 is 1.81 bits per heavy atom. The fourth-order valence-electron chi connectivity index (χ4n) is 2.59. The van der Waals surface area contributed by atoms with E-state index in [-0.39, 0.29) is 0 Å². The molecule has 0 aromatic carbocycles. The van der Waals surface area contributed by atoms with E-state index in [2.05, 4.69) is 12.2 Å². The van der Waals surface area contributed by atoms with Crippen molar-refractivity contribution in [2.24, 2.45) is 5.92 Å². The van der Waals surface area contributed by atoms with Gasteiger partial charge in [-0.2, -0.15) is 0 Å². The van der Waals surface area contributed by atoms with E-state index >= 15 is 0 Å². The molecule has 2 nitrogen and oxygen atoms in total. The van der Waals surface area contributed by atoms with Gasteiger partial charge >= 0.3 is 0 Å². The van der Waals surface area contributed by atoms with Crippen LogP contribution in [0.4, 0.5) is 0 Å². The molecule has 1 N–H and O–H groups in total. The van der Waals surface area contributed by atoms with Gasteiger partial charge in [0.05, 0.1) is 6.10 Å². The molecule has 0 atom stereocenters. The van der Waals surface area contributed by atoms with E-state index in [1.165, 1.54) is 57.9 Å². The van der Waals surface area contributed by atoms with Gasteiger partial charge < -0.3 is 10.1 Å². The number of nitrogens with one attached hydrogen (secondary N) is 1. The Labute approximate surface area is 100 Å². The van der Waals surface area contributed by atoms with Crippen molar-refractivity contribution in [2.75, 3.05) is 13.2 Å². The lowest BCUT2D eigenvalue weighted by atomic mass is 9.93. The summed E-state index contributed by atoms with van der Waals surface area (Å²) in [6.07, 6.45) is 11.2. The molecule has 2 aliphatic rings. The first kappa shape index (κ1) is 12.4. The molecule has 2 fully saturated rings. The molecule has 0 aromatic heterocycles. The molecule has 0 saturated heterocycles. The highest BCUT2D eigenvalue weighted by atomic mass is 16.5. The largest absolute Gasteiger partial charge is 0.378 e. The molecule has 0 heterocycles. The third-order valence-corrected chi connectivity index (χ3v) is 3.93. The zero-order chi connectivity index (χ0) is 11.2. The van der Waals surface area contributed by atoms with Crippen LogP contribution in [-0.2, 0) is 4.74 Å². The van der Waals surface area contributed by atoms with Crippen LogP contribution >= 0.6 is 0 Å². The standard InChI is InChI=1S/C14H27NO/c1-2-10-15-13-5-7-14(8-6-13)16-11-9-12-3-4-12/h12-15H,2-11H2,1H3. The maximum Gasteiger partial charge on any atom is 0.0576 e. The van der Waals surface area contributed by atoms with E-state index in [0.717, 1.165) is 18.6 Å². The van der Waals surface area contributed by atoms with Crippen molar-refractivity contribution in [2.45, 2.75) is 70.4 Å². The van der Waals surface area contributed by atoms with Gasteiger partial charge in [0, 0.05) is 12.6 Å². The van der Waals surface area contributed by atoms with Crippen LogP contribution in [-0.4, -0.2) is 25.3 Å². The predicted molar refractivity (Wildman–Crippen MR) is 67.6 cm³/mol. The molecule has 0 radical (unpaired) electrons. The van der Waals surface area contributed by atoms with Gasteiger partial charge in [-0.15, -0.1) is 0 Å². The molecule has 0 spiro atoms. The molecule has 2 rings (SSSR count). The first-order valence-electron chi connectivity index (χ1n) is 7.23. The average Bonchev–Trinajstić information content (AvgIpc) is 3.12. The average molecular weight is 225 g/mol. The van der Waals surface area contributed by atoms with E-state index in [1.54, 1.807) is 0 Å². The summed E-state index contributed by atoms with van der Waals surface area (Å²) in [6, 6.07) is 0.767. The highest BCUT2D eigenvalue weighted by Crippen LogP contribution is 2.32. The second-order valence-electron chi connectivity index (χ2n) is 5.53. The number of rotatable bonds is 7. The summed E-state index contributed by atoms with van der Waals surface area (Å²) in [5.74, 6) is 1.02. The van der Waals surface area contributed by atoms with E-state index in [0.29, 0.717) is 6.10 Å². The summed E-state index contributed by atoms with van der Waals surface area (Å²) in [5.41, 5.74) is 0. The van der Waals surface area contributed by atoms with Crippen molar-refractivity contribution in [3.8, 4) is 0 Å². The van der Waals surface area contributed by atoms with Crippen LogP contribution < -0.4 is 5.32 Å². The minimum Gasteiger partial charge on any atom is -0.378 e. The van der Waals surface area contributed by atoms with Gasteiger partial charge in [-0.05, 0) is 51.0 Å². The normalized spacial score (nSPS) is 30.6. The highest BCUT2D eigenvalue weighted by Gasteiger charge is 2.23. The summed E-state index contributed by atoms with van der Waals surface area (Å²) >= 11 is 0. The molecule has 0 bridgehead atoms. The lowest BCUT2D eigenvalue weighted by Gasteiger charge is -2.29. The van der Waals surface area contributed by atoms with Crippen molar-refractivity contribution in [1.82, 2.24) is 5.32 Å². The monoisotopic (exact) mass is 225 g/mol. The second-order valence-corrected chi connectivity index (χ2v) is 5.53. The van der Waals surface area contributed by atoms with Gasteiger partial charge in [-0.3, -0.25) is 0 Å². The Kier molecular flexibility index (Phi) is 5.11. The topological polar surface area (TPSA) is 21.3 Å². The minimum atomic E-state index is 0.568. The SMILES string of the molecule is CCCNC1CCC(OCCC2CC2)CC1. The lowest BCUT2D eigenvalue weighted by molar-refractivity contribution is 0.0195. The summed E-state index contributed by atoms with van der Waals surface area (Å²) in [5, 5.41) is 3.62.